The third kappa shape index (κ3) is 3.89. The smallest absolute Gasteiger partial charge is 0.274 e. The Morgan fingerprint density at radius 2 is 2.12 bits per heavy atom. The molecule has 3 N–H and O–H groups in total. The first-order valence-electron chi connectivity index (χ1n) is 11.4. The van der Waals surface area contributed by atoms with E-state index in [0.29, 0.717) is 35.8 Å². The van der Waals surface area contributed by atoms with E-state index in [2.05, 4.69) is 20.3 Å². The van der Waals surface area contributed by atoms with E-state index in [-0.39, 0.29) is 29.3 Å². The van der Waals surface area contributed by atoms with Crippen molar-refractivity contribution in [3.63, 3.8) is 0 Å². The molecule has 2 saturated carbocycles. The van der Waals surface area contributed by atoms with Crippen molar-refractivity contribution in [1.82, 2.24) is 19.2 Å². The minimum atomic E-state index is -0.863. The molecule has 0 spiro atoms. The summed E-state index contributed by atoms with van der Waals surface area (Å²) in [4.78, 5) is 31.7. The Morgan fingerprint density at radius 1 is 1.32 bits per heavy atom. The Kier molecular flexibility index (Phi) is 5.72. The summed E-state index contributed by atoms with van der Waals surface area (Å²) in [6.07, 6.45) is 5.86. The van der Waals surface area contributed by atoms with Crippen molar-refractivity contribution in [3.05, 3.63) is 46.5 Å². The second-order valence-electron chi connectivity index (χ2n) is 9.07. The van der Waals surface area contributed by atoms with Gasteiger partial charge in [0.1, 0.15) is 29.1 Å². The molecule has 0 saturated heterocycles. The van der Waals surface area contributed by atoms with Gasteiger partial charge in [0, 0.05) is 38.5 Å². The normalized spacial score (nSPS) is 24.2. The van der Waals surface area contributed by atoms with Gasteiger partial charge in [0.05, 0.1) is 12.3 Å². The molecule has 1 amide bonds. The number of pyridine rings is 1. The van der Waals surface area contributed by atoms with Gasteiger partial charge in [0.15, 0.2) is 5.65 Å². The highest BCUT2D eigenvalue weighted by Gasteiger charge is 2.32. The standard InChI is InChI=1S/C23H28FN7O3/c1-29(14-5-6-16(10-14)34-2)20-11-19(28-22-17(21(25)32)12-26-31(20)22)27-18-4-3-7-30(23(18)33)15-8-13(24)9-15/h3-4,7,11-16H,5-6,8-10H2,1-2H3,(H2,25,32)(H,27,28)/t13?,14-,15?,16-/m1/s1. The molecule has 2 aliphatic carbocycles. The van der Waals surface area contributed by atoms with Crippen molar-refractivity contribution in [2.24, 2.45) is 5.73 Å². The lowest BCUT2D eigenvalue weighted by atomic mass is 9.90. The van der Waals surface area contributed by atoms with Crippen molar-refractivity contribution in [1.29, 1.82) is 0 Å². The Bertz CT molecular complexity index is 1280. The van der Waals surface area contributed by atoms with Gasteiger partial charge in [-0.15, -0.1) is 0 Å². The summed E-state index contributed by atoms with van der Waals surface area (Å²) in [5.74, 6) is 0.448. The minimum absolute atomic E-state index is 0.145. The van der Waals surface area contributed by atoms with Gasteiger partial charge in [-0.25, -0.2) is 9.37 Å². The number of hydrogen-bond donors (Lipinski definition) is 2. The number of nitrogens with two attached hydrogens (primary N) is 1. The first-order chi connectivity index (χ1) is 16.4. The molecule has 2 fully saturated rings. The van der Waals surface area contributed by atoms with E-state index in [1.807, 2.05) is 7.05 Å². The maximum Gasteiger partial charge on any atom is 0.274 e. The fourth-order valence-electron chi connectivity index (χ4n) is 4.89. The molecule has 0 unspecified atom stereocenters. The highest BCUT2D eigenvalue weighted by atomic mass is 19.1. The van der Waals surface area contributed by atoms with Crippen LogP contribution in [0.2, 0.25) is 0 Å². The topological polar surface area (TPSA) is 120 Å². The number of ether oxygens (including phenoxy) is 1. The van der Waals surface area contributed by atoms with Crippen LogP contribution in [0.25, 0.3) is 5.65 Å². The number of carbonyl (C=O) groups is 1. The highest BCUT2D eigenvalue weighted by molar-refractivity contribution is 5.99. The second kappa shape index (κ2) is 8.71. The number of nitrogens with zero attached hydrogens (tertiary/aromatic N) is 5. The number of rotatable bonds is 7. The number of amides is 1. The van der Waals surface area contributed by atoms with Gasteiger partial charge in [-0.2, -0.15) is 9.61 Å². The van der Waals surface area contributed by atoms with Crippen LogP contribution in [0.4, 0.5) is 21.7 Å². The summed E-state index contributed by atoms with van der Waals surface area (Å²) in [7, 11) is 3.68. The van der Waals surface area contributed by atoms with Crippen molar-refractivity contribution < 1.29 is 13.9 Å². The van der Waals surface area contributed by atoms with E-state index in [1.54, 1.807) is 40.6 Å². The van der Waals surface area contributed by atoms with Gasteiger partial charge in [0.2, 0.25) is 0 Å². The molecule has 0 aromatic carbocycles. The Morgan fingerprint density at radius 3 is 2.79 bits per heavy atom. The predicted molar refractivity (Wildman–Crippen MR) is 125 cm³/mol. The van der Waals surface area contributed by atoms with Crippen LogP contribution in [-0.4, -0.2) is 57.5 Å². The first kappa shape index (κ1) is 22.3. The lowest BCUT2D eigenvalue weighted by Gasteiger charge is -2.31. The van der Waals surface area contributed by atoms with Crippen molar-refractivity contribution in [3.8, 4) is 0 Å². The molecule has 0 bridgehead atoms. The molecule has 2 atom stereocenters. The Balaban J connectivity index is 1.53. The lowest BCUT2D eigenvalue weighted by Crippen LogP contribution is -2.35. The third-order valence-electron chi connectivity index (χ3n) is 7.00. The van der Waals surface area contributed by atoms with Gasteiger partial charge in [0.25, 0.3) is 11.5 Å². The van der Waals surface area contributed by atoms with Crippen LogP contribution in [0.1, 0.15) is 48.5 Å². The molecule has 0 radical (unpaired) electrons. The zero-order chi connectivity index (χ0) is 24.0. The van der Waals surface area contributed by atoms with E-state index in [1.165, 1.54) is 6.20 Å². The minimum Gasteiger partial charge on any atom is -0.381 e. The maximum absolute atomic E-state index is 13.3. The van der Waals surface area contributed by atoms with Gasteiger partial charge in [-0.3, -0.25) is 9.59 Å². The zero-order valence-corrected chi connectivity index (χ0v) is 19.1. The summed E-state index contributed by atoms with van der Waals surface area (Å²) < 4.78 is 22.0. The quantitative estimate of drug-likeness (QED) is 0.545. The van der Waals surface area contributed by atoms with E-state index in [0.717, 1.165) is 19.3 Å². The van der Waals surface area contributed by atoms with Gasteiger partial charge >= 0.3 is 0 Å². The number of halogens is 1. The molecule has 3 aromatic heterocycles. The summed E-state index contributed by atoms with van der Waals surface area (Å²) in [5, 5.41) is 7.45. The van der Waals surface area contributed by atoms with Crippen molar-refractivity contribution in [2.45, 2.75) is 56.5 Å². The van der Waals surface area contributed by atoms with Crippen LogP contribution in [0.15, 0.2) is 35.4 Å². The number of anilines is 3. The summed E-state index contributed by atoms with van der Waals surface area (Å²) in [6.45, 7) is 0. The number of methoxy groups -OCH3 is 1. The fraction of sp³-hybridized carbons (Fsp3) is 0.478. The molecule has 180 valence electrons. The monoisotopic (exact) mass is 469 g/mol. The van der Waals surface area contributed by atoms with Gasteiger partial charge in [-0.05, 0) is 44.2 Å². The molecule has 0 aliphatic heterocycles. The number of hydrogen-bond acceptors (Lipinski definition) is 7. The van der Waals surface area contributed by atoms with Crippen LogP contribution >= 0.6 is 0 Å². The summed E-state index contributed by atoms with van der Waals surface area (Å²) in [5.41, 5.74) is 6.11. The lowest BCUT2D eigenvalue weighted by molar-refractivity contribution is 0.100. The van der Waals surface area contributed by atoms with Crippen molar-refractivity contribution >= 4 is 28.9 Å². The van der Waals surface area contributed by atoms with E-state index < -0.39 is 12.1 Å². The summed E-state index contributed by atoms with van der Waals surface area (Å²) in [6, 6.07) is 5.27. The van der Waals surface area contributed by atoms with Crippen LogP contribution in [-0.2, 0) is 4.74 Å². The largest absolute Gasteiger partial charge is 0.381 e. The van der Waals surface area contributed by atoms with Crippen LogP contribution in [0, 0.1) is 0 Å². The molecule has 11 heteroatoms. The number of primary amides is 1. The molecule has 34 heavy (non-hydrogen) atoms. The van der Waals surface area contributed by atoms with Gasteiger partial charge in [-0.1, -0.05) is 0 Å². The second-order valence-corrected chi connectivity index (χ2v) is 9.07. The predicted octanol–water partition coefficient (Wildman–Crippen LogP) is 2.41. The highest BCUT2D eigenvalue weighted by Crippen LogP contribution is 2.34. The average Bonchev–Trinajstić information content (AvgIpc) is 3.45. The van der Waals surface area contributed by atoms with Gasteiger partial charge < -0.3 is 25.3 Å². The molecular formula is C23H28FN7O3. The van der Waals surface area contributed by atoms with E-state index in [9.17, 15) is 14.0 Å². The molecule has 3 heterocycles. The van der Waals surface area contributed by atoms with E-state index in [4.69, 9.17) is 10.5 Å². The number of alkyl halides is 1. The zero-order valence-electron chi connectivity index (χ0n) is 19.1. The third-order valence-corrected chi connectivity index (χ3v) is 7.00. The van der Waals surface area contributed by atoms with Crippen LogP contribution in [0.5, 0.6) is 0 Å². The van der Waals surface area contributed by atoms with Crippen molar-refractivity contribution in [2.75, 3.05) is 24.4 Å². The van der Waals surface area contributed by atoms with E-state index >= 15 is 0 Å². The van der Waals surface area contributed by atoms with Crippen LogP contribution < -0.4 is 21.5 Å². The number of nitrogens with one attached hydrogen (secondary N) is 1. The molecule has 10 nitrogen and oxygen atoms in total. The Hall–Kier alpha value is -3.47. The molecule has 3 aromatic rings. The molecule has 5 rings (SSSR count). The SMILES string of the molecule is CO[C@@H]1CC[C@@H](N(C)c2cc(Nc3cccn(C4CC(F)C4)c3=O)nc3c(C(N)=O)cnn23)C1. The fourth-order valence-corrected chi connectivity index (χ4v) is 4.89. The number of fused-ring (bicyclic) bond motifs is 1. The molecular weight excluding hydrogens is 441 g/mol. The molecule has 2 aliphatic rings. The first-order valence-corrected chi connectivity index (χ1v) is 11.4. The number of carbonyl (C=O) groups excluding carboxylic acids is 1. The Labute approximate surface area is 195 Å². The number of aromatic nitrogens is 4. The summed E-state index contributed by atoms with van der Waals surface area (Å²) >= 11 is 0. The average molecular weight is 470 g/mol. The maximum atomic E-state index is 13.3. The van der Waals surface area contributed by atoms with Crippen LogP contribution in [0.3, 0.4) is 0 Å².